The molecule has 0 radical (unpaired) electrons. The second-order valence-electron chi connectivity index (χ2n) is 4.82. The van der Waals surface area contributed by atoms with Crippen LogP contribution in [0.3, 0.4) is 0 Å². The monoisotopic (exact) mass is 265 g/mol. The molecule has 1 aromatic rings. The van der Waals surface area contributed by atoms with Gasteiger partial charge in [0.15, 0.2) is 0 Å². The minimum Gasteiger partial charge on any atom is -0.393 e. The summed E-state index contributed by atoms with van der Waals surface area (Å²) in [6, 6.07) is 4.06. The highest BCUT2D eigenvalue weighted by Gasteiger charge is 2.15. The normalized spacial score (nSPS) is 10.5. The van der Waals surface area contributed by atoms with Crippen molar-refractivity contribution in [2.24, 2.45) is 5.92 Å². The van der Waals surface area contributed by atoms with Gasteiger partial charge in [0.25, 0.3) is 11.6 Å². The number of hydrogen-bond donors (Lipinski definition) is 2. The van der Waals surface area contributed by atoms with Gasteiger partial charge in [-0.2, -0.15) is 0 Å². The minimum atomic E-state index is -0.592. The van der Waals surface area contributed by atoms with E-state index in [0.29, 0.717) is 12.5 Å². The zero-order chi connectivity index (χ0) is 14.4. The number of amides is 1. The summed E-state index contributed by atoms with van der Waals surface area (Å²) in [5.74, 6) is 0.279. The number of nitrogens with zero attached hydrogens (tertiary/aromatic N) is 1. The second-order valence-corrected chi connectivity index (χ2v) is 4.82. The molecule has 0 aliphatic heterocycles. The Bertz CT molecular complexity index is 472. The fraction of sp³-hybridized carbons (Fsp3) is 0.462. The number of nitrogens with one attached hydrogen (secondary N) is 1. The lowest BCUT2D eigenvalue weighted by Gasteiger charge is -2.07. The fourth-order valence-electron chi connectivity index (χ4n) is 1.66. The van der Waals surface area contributed by atoms with Crippen LogP contribution in [0.2, 0.25) is 0 Å². The van der Waals surface area contributed by atoms with Gasteiger partial charge in [0.05, 0.1) is 4.92 Å². The van der Waals surface area contributed by atoms with Crippen molar-refractivity contribution >= 4 is 17.3 Å². The molecule has 3 N–H and O–H groups in total. The summed E-state index contributed by atoms with van der Waals surface area (Å²) in [5, 5.41) is 13.5. The van der Waals surface area contributed by atoms with E-state index in [-0.39, 0.29) is 22.8 Å². The van der Waals surface area contributed by atoms with Crippen LogP contribution in [0.4, 0.5) is 11.4 Å². The third kappa shape index (κ3) is 4.57. The van der Waals surface area contributed by atoms with Crippen molar-refractivity contribution in [3.05, 3.63) is 33.9 Å². The molecule has 1 aromatic carbocycles. The van der Waals surface area contributed by atoms with Crippen LogP contribution in [-0.4, -0.2) is 17.4 Å². The van der Waals surface area contributed by atoms with Crippen LogP contribution in [0.15, 0.2) is 18.2 Å². The molecule has 0 aliphatic rings. The number of hydrogen-bond acceptors (Lipinski definition) is 4. The number of nitrogens with two attached hydrogens (primary N) is 1. The minimum absolute atomic E-state index is 0.0568. The summed E-state index contributed by atoms with van der Waals surface area (Å²) in [5.41, 5.74) is 5.54. The molecule has 0 aromatic heterocycles. The lowest BCUT2D eigenvalue weighted by Crippen LogP contribution is -2.24. The van der Waals surface area contributed by atoms with Gasteiger partial charge in [0.1, 0.15) is 5.69 Å². The summed E-state index contributed by atoms with van der Waals surface area (Å²) in [6.45, 7) is 4.80. The van der Waals surface area contributed by atoms with Gasteiger partial charge in [-0.25, -0.2) is 0 Å². The molecule has 0 bridgehead atoms. The molecule has 0 fully saturated rings. The maximum atomic E-state index is 11.8. The highest BCUT2D eigenvalue weighted by atomic mass is 16.6. The first kappa shape index (κ1) is 14.9. The van der Waals surface area contributed by atoms with Gasteiger partial charge in [-0.15, -0.1) is 0 Å². The van der Waals surface area contributed by atoms with Crippen LogP contribution in [-0.2, 0) is 0 Å². The number of benzene rings is 1. The molecule has 0 heterocycles. The Hall–Kier alpha value is -2.11. The average molecular weight is 265 g/mol. The standard InChI is InChI=1S/C13H19N3O3/c1-9(2)4-3-7-15-13(17)10-5-6-11(14)12(8-10)16(18)19/h5-6,8-9H,3-4,7,14H2,1-2H3,(H,15,17). The number of nitro groups is 1. The number of carbonyl (C=O) groups excluding carboxylic acids is 1. The van der Waals surface area contributed by atoms with Gasteiger partial charge < -0.3 is 11.1 Å². The van der Waals surface area contributed by atoms with E-state index in [0.717, 1.165) is 12.8 Å². The molecule has 0 unspecified atom stereocenters. The third-order valence-corrected chi connectivity index (χ3v) is 2.73. The molecule has 104 valence electrons. The van der Waals surface area contributed by atoms with E-state index >= 15 is 0 Å². The Labute approximate surface area is 112 Å². The first-order chi connectivity index (χ1) is 8.91. The van der Waals surface area contributed by atoms with Crippen LogP contribution in [0.1, 0.15) is 37.0 Å². The Kier molecular flexibility index (Phi) is 5.29. The van der Waals surface area contributed by atoms with Gasteiger partial charge >= 0.3 is 0 Å². The zero-order valence-corrected chi connectivity index (χ0v) is 11.2. The van der Waals surface area contributed by atoms with Crippen molar-refractivity contribution in [3.8, 4) is 0 Å². The van der Waals surface area contributed by atoms with E-state index in [2.05, 4.69) is 19.2 Å². The topological polar surface area (TPSA) is 98.3 Å². The molecule has 6 heteroatoms. The highest BCUT2D eigenvalue weighted by molar-refractivity contribution is 5.95. The van der Waals surface area contributed by atoms with E-state index in [1.807, 2.05) is 0 Å². The lowest BCUT2D eigenvalue weighted by atomic mass is 10.1. The average Bonchev–Trinajstić information content (AvgIpc) is 2.34. The van der Waals surface area contributed by atoms with E-state index < -0.39 is 4.92 Å². The number of rotatable bonds is 6. The molecule has 0 spiro atoms. The Morgan fingerprint density at radius 3 is 2.74 bits per heavy atom. The van der Waals surface area contributed by atoms with Crippen LogP contribution < -0.4 is 11.1 Å². The van der Waals surface area contributed by atoms with E-state index in [1.165, 1.54) is 18.2 Å². The number of carbonyl (C=O) groups is 1. The first-order valence-electron chi connectivity index (χ1n) is 6.24. The molecule has 1 rings (SSSR count). The fourth-order valence-corrected chi connectivity index (χ4v) is 1.66. The first-order valence-corrected chi connectivity index (χ1v) is 6.24. The predicted octanol–water partition coefficient (Wildman–Crippen LogP) is 2.34. The Balaban J connectivity index is 2.62. The Morgan fingerprint density at radius 2 is 2.16 bits per heavy atom. The molecule has 19 heavy (non-hydrogen) atoms. The van der Waals surface area contributed by atoms with Gasteiger partial charge in [-0.1, -0.05) is 13.8 Å². The SMILES string of the molecule is CC(C)CCCNC(=O)c1ccc(N)c([N+](=O)[O-])c1. The van der Waals surface area contributed by atoms with Crippen LogP contribution in [0.25, 0.3) is 0 Å². The molecule has 0 saturated heterocycles. The molecule has 6 nitrogen and oxygen atoms in total. The van der Waals surface area contributed by atoms with Crippen molar-refractivity contribution in [1.29, 1.82) is 0 Å². The van der Waals surface area contributed by atoms with Crippen LogP contribution in [0.5, 0.6) is 0 Å². The molecule has 0 aliphatic carbocycles. The molecule has 0 saturated carbocycles. The lowest BCUT2D eigenvalue weighted by molar-refractivity contribution is -0.383. The number of anilines is 1. The molecule has 1 amide bonds. The molecular weight excluding hydrogens is 246 g/mol. The largest absolute Gasteiger partial charge is 0.393 e. The van der Waals surface area contributed by atoms with Crippen LogP contribution >= 0.6 is 0 Å². The molecular formula is C13H19N3O3. The summed E-state index contributed by atoms with van der Waals surface area (Å²) < 4.78 is 0. The summed E-state index contributed by atoms with van der Waals surface area (Å²) >= 11 is 0. The quantitative estimate of drug-likeness (QED) is 0.357. The van der Waals surface area contributed by atoms with Gasteiger partial charge in [0, 0.05) is 18.2 Å². The van der Waals surface area contributed by atoms with Crippen molar-refractivity contribution in [2.75, 3.05) is 12.3 Å². The maximum Gasteiger partial charge on any atom is 0.292 e. The van der Waals surface area contributed by atoms with Crippen LogP contribution in [0, 0.1) is 16.0 Å². The molecule has 0 atom stereocenters. The Morgan fingerprint density at radius 1 is 1.47 bits per heavy atom. The van der Waals surface area contributed by atoms with Crippen molar-refractivity contribution < 1.29 is 9.72 Å². The van der Waals surface area contributed by atoms with E-state index in [1.54, 1.807) is 0 Å². The highest BCUT2D eigenvalue weighted by Crippen LogP contribution is 2.22. The third-order valence-electron chi connectivity index (χ3n) is 2.73. The smallest absolute Gasteiger partial charge is 0.292 e. The van der Waals surface area contributed by atoms with Gasteiger partial charge in [-0.3, -0.25) is 14.9 Å². The predicted molar refractivity (Wildman–Crippen MR) is 73.9 cm³/mol. The van der Waals surface area contributed by atoms with Gasteiger partial charge in [-0.05, 0) is 30.9 Å². The zero-order valence-electron chi connectivity index (χ0n) is 11.2. The summed E-state index contributed by atoms with van der Waals surface area (Å²) in [4.78, 5) is 21.9. The van der Waals surface area contributed by atoms with Crippen molar-refractivity contribution in [2.45, 2.75) is 26.7 Å². The summed E-state index contributed by atoms with van der Waals surface area (Å²) in [6.07, 6.45) is 1.92. The summed E-state index contributed by atoms with van der Waals surface area (Å²) in [7, 11) is 0. The van der Waals surface area contributed by atoms with Crippen molar-refractivity contribution in [1.82, 2.24) is 5.32 Å². The maximum absolute atomic E-state index is 11.8. The van der Waals surface area contributed by atoms with E-state index in [9.17, 15) is 14.9 Å². The second kappa shape index (κ2) is 6.72. The van der Waals surface area contributed by atoms with Gasteiger partial charge in [0.2, 0.25) is 0 Å². The van der Waals surface area contributed by atoms with E-state index in [4.69, 9.17) is 5.73 Å². The number of nitro benzene ring substituents is 1. The van der Waals surface area contributed by atoms with Crippen molar-refractivity contribution in [3.63, 3.8) is 0 Å². The number of nitrogen functional groups attached to an aromatic ring is 1.